The van der Waals surface area contributed by atoms with Gasteiger partial charge in [0.1, 0.15) is 5.82 Å². The molecule has 0 aliphatic carbocycles. The Morgan fingerprint density at radius 2 is 2.07 bits per heavy atom. The van der Waals surface area contributed by atoms with E-state index in [9.17, 15) is 14.7 Å². The van der Waals surface area contributed by atoms with E-state index in [0.717, 1.165) is 18.4 Å². The summed E-state index contributed by atoms with van der Waals surface area (Å²) in [6, 6.07) is 5.07. The number of amides is 1. The largest absolute Gasteiger partial charge is 0.504 e. The van der Waals surface area contributed by atoms with E-state index in [1.54, 1.807) is 16.8 Å². The number of methoxy groups -OCH3 is 1. The molecule has 1 aromatic carbocycles. The molecule has 0 spiro atoms. The van der Waals surface area contributed by atoms with Crippen molar-refractivity contribution in [1.29, 1.82) is 0 Å². The highest BCUT2D eigenvalue weighted by molar-refractivity contribution is 8.00. The van der Waals surface area contributed by atoms with Crippen LogP contribution in [0.5, 0.6) is 11.5 Å². The van der Waals surface area contributed by atoms with Gasteiger partial charge in [-0.1, -0.05) is 6.07 Å². The monoisotopic (exact) mass is 391 g/mol. The molecule has 3 heterocycles. The first kappa shape index (κ1) is 18.0. The molecule has 1 amide bonds. The molecule has 1 aromatic heterocycles. The number of carbonyl (C=O) groups is 1. The predicted molar refractivity (Wildman–Crippen MR) is 102 cm³/mol. The van der Waals surface area contributed by atoms with Gasteiger partial charge >= 0.3 is 0 Å². The van der Waals surface area contributed by atoms with Gasteiger partial charge in [0.15, 0.2) is 11.5 Å². The van der Waals surface area contributed by atoms with Crippen LogP contribution in [-0.4, -0.2) is 46.9 Å². The number of thioether (sulfide) groups is 1. The second kappa shape index (κ2) is 7.32. The summed E-state index contributed by atoms with van der Waals surface area (Å²) < 4.78 is 12.4. The molecule has 0 bridgehead atoms. The van der Waals surface area contributed by atoms with Crippen molar-refractivity contribution in [1.82, 2.24) is 9.78 Å². The highest BCUT2D eigenvalue weighted by Gasteiger charge is 2.33. The molecule has 8 nitrogen and oxygen atoms in total. The third-order valence-corrected chi connectivity index (χ3v) is 6.20. The summed E-state index contributed by atoms with van der Waals surface area (Å²) in [7, 11) is 1.48. The molecule has 0 radical (unpaired) electrons. The van der Waals surface area contributed by atoms with Crippen LogP contribution in [0.4, 0.5) is 5.82 Å². The van der Waals surface area contributed by atoms with E-state index < -0.39 is 0 Å². The maximum absolute atomic E-state index is 12.8. The Bertz CT molecular complexity index is 916. The van der Waals surface area contributed by atoms with Crippen molar-refractivity contribution in [2.45, 2.75) is 24.1 Å². The van der Waals surface area contributed by atoms with Crippen LogP contribution in [0, 0.1) is 0 Å². The number of ether oxygens (including phenoxy) is 2. The lowest BCUT2D eigenvalue weighted by atomic mass is 10.0. The first-order valence-corrected chi connectivity index (χ1v) is 9.84. The molecule has 1 unspecified atom stereocenters. The number of carbonyl (C=O) groups excluding carboxylic acids is 1. The topological polar surface area (TPSA) is 106 Å². The number of benzene rings is 1. The number of anilines is 1. The third-order valence-electron chi connectivity index (χ3n) is 4.93. The molecule has 2 aliphatic rings. The number of aromatic hydroxyl groups is 1. The van der Waals surface area contributed by atoms with Crippen molar-refractivity contribution < 1.29 is 19.4 Å². The molecule has 2 aromatic rings. The van der Waals surface area contributed by atoms with Crippen LogP contribution in [-0.2, 0) is 9.53 Å². The fraction of sp³-hybridized carbons (Fsp3) is 0.444. The van der Waals surface area contributed by atoms with E-state index in [-0.39, 0.29) is 34.3 Å². The van der Waals surface area contributed by atoms with Crippen LogP contribution in [0.2, 0.25) is 0 Å². The minimum atomic E-state index is -0.349. The Morgan fingerprint density at radius 3 is 2.81 bits per heavy atom. The number of aromatic nitrogens is 2. The van der Waals surface area contributed by atoms with Crippen molar-refractivity contribution >= 4 is 23.5 Å². The van der Waals surface area contributed by atoms with Gasteiger partial charge in [-0.15, -0.1) is 11.8 Å². The van der Waals surface area contributed by atoms with Crippen molar-refractivity contribution in [3.05, 3.63) is 39.7 Å². The normalized spacial score (nSPS) is 20.6. The molecule has 1 atom stereocenters. The Kier molecular flexibility index (Phi) is 4.88. The Labute approximate surface area is 159 Å². The van der Waals surface area contributed by atoms with E-state index in [2.05, 4.69) is 10.4 Å². The molecular weight excluding hydrogens is 370 g/mol. The van der Waals surface area contributed by atoms with E-state index in [1.165, 1.54) is 24.9 Å². The van der Waals surface area contributed by atoms with E-state index >= 15 is 0 Å². The molecule has 1 fully saturated rings. The molecular formula is C18H21N3O5S. The van der Waals surface area contributed by atoms with Gasteiger partial charge in [-0.25, -0.2) is 0 Å². The van der Waals surface area contributed by atoms with Crippen LogP contribution < -0.4 is 15.6 Å². The van der Waals surface area contributed by atoms with Crippen LogP contribution in [0.3, 0.4) is 0 Å². The molecule has 9 heteroatoms. The number of aromatic amines is 1. The Hall–Kier alpha value is -2.39. The molecule has 144 valence electrons. The van der Waals surface area contributed by atoms with E-state index in [0.29, 0.717) is 30.3 Å². The number of rotatable bonds is 3. The van der Waals surface area contributed by atoms with Crippen molar-refractivity contribution in [2.75, 3.05) is 31.4 Å². The standard InChI is InChI=1S/C18H21N3O5S/c1-25-13-8-10(2-3-12(13)22)16-15-17(19-14(23)9-27-16)21(20-18(15)24)11-4-6-26-7-5-11/h2-3,8,11,16,22H,4-7,9H2,1H3,(H,19,23)(H,20,24). The molecule has 3 N–H and O–H groups in total. The van der Waals surface area contributed by atoms with Gasteiger partial charge in [0.25, 0.3) is 5.56 Å². The van der Waals surface area contributed by atoms with Crippen LogP contribution in [0.25, 0.3) is 0 Å². The van der Waals surface area contributed by atoms with Gasteiger partial charge in [-0.2, -0.15) is 0 Å². The highest BCUT2D eigenvalue weighted by atomic mass is 32.2. The molecule has 2 aliphatic heterocycles. The molecule has 27 heavy (non-hydrogen) atoms. The van der Waals surface area contributed by atoms with Crippen molar-refractivity contribution in [3.8, 4) is 11.5 Å². The lowest BCUT2D eigenvalue weighted by Gasteiger charge is -2.25. The number of phenolic OH excluding ortho intramolecular Hbond substituents is 1. The molecule has 0 saturated carbocycles. The fourth-order valence-corrected chi connectivity index (χ4v) is 4.70. The van der Waals surface area contributed by atoms with Crippen LogP contribution in [0.1, 0.15) is 35.3 Å². The van der Waals surface area contributed by atoms with Gasteiger partial charge in [0.2, 0.25) is 5.91 Å². The number of nitrogens with zero attached hydrogens (tertiary/aromatic N) is 1. The number of H-pyrrole nitrogens is 1. The van der Waals surface area contributed by atoms with E-state index in [1.807, 2.05) is 0 Å². The summed E-state index contributed by atoms with van der Waals surface area (Å²) in [4.78, 5) is 25.1. The lowest BCUT2D eigenvalue weighted by molar-refractivity contribution is -0.113. The SMILES string of the molecule is COc1cc(C2SCC(=O)Nc3c2c(=O)[nH]n3C2CCOCC2)ccc1O. The summed E-state index contributed by atoms with van der Waals surface area (Å²) in [5.74, 6) is 0.977. The van der Waals surface area contributed by atoms with E-state index in [4.69, 9.17) is 9.47 Å². The minimum Gasteiger partial charge on any atom is -0.504 e. The zero-order valence-electron chi connectivity index (χ0n) is 14.9. The zero-order valence-corrected chi connectivity index (χ0v) is 15.7. The smallest absolute Gasteiger partial charge is 0.270 e. The number of hydrogen-bond donors (Lipinski definition) is 3. The van der Waals surface area contributed by atoms with Gasteiger partial charge in [-0.3, -0.25) is 19.4 Å². The van der Waals surface area contributed by atoms with Gasteiger partial charge < -0.3 is 19.9 Å². The lowest BCUT2D eigenvalue weighted by Crippen LogP contribution is -2.24. The zero-order chi connectivity index (χ0) is 19.0. The fourth-order valence-electron chi connectivity index (χ4n) is 3.58. The highest BCUT2D eigenvalue weighted by Crippen LogP contribution is 2.43. The van der Waals surface area contributed by atoms with Crippen LogP contribution in [0.15, 0.2) is 23.0 Å². The second-order valence-corrected chi connectivity index (χ2v) is 7.68. The number of fused-ring (bicyclic) bond motifs is 1. The Balaban J connectivity index is 1.81. The molecule has 4 rings (SSSR count). The predicted octanol–water partition coefficient (Wildman–Crippen LogP) is 2.02. The summed E-state index contributed by atoms with van der Waals surface area (Å²) in [6.07, 6.45) is 1.55. The summed E-state index contributed by atoms with van der Waals surface area (Å²) in [5, 5.41) is 15.3. The maximum Gasteiger partial charge on any atom is 0.270 e. The number of phenols is 1. The first-order chi connectivity index (χ1) is 13.1. The minimum absolute atomic E-state index is 0.0305. The van der Waals surface area contributed by atoms with Crippen molar-refractivity contribution in [3.63, 3.8) is 0 Å². The summed E-state index contributed by atoms with van der Waals surface area (Å²) in [6.45, 7) is 1.25. The molecule has 1 saturated heterocycles. The van der Waals surface area contributed by atoms with Gasteiger partial charge in [0, 0.05) is 13.2 Å². The summed E-state index contributed by atoms with van der Waals surface area (Å²) in [5.41, 5.74) is 1.09. The van der Waals surface area contributed by atoms with Gasteiger partial charge in [-0.05, 0) is 30.5 Å². The van der Waals surface area contributed by atoms with Crippen LogP contribution >= 0.6 is 11.8 Å². The number of hydrogen-bond acceptors (Lipinski definition) is 6. The van der Waals surface area contributed by atoms with Crippen molar-refractivity contribution in [2.24, 2.45) is 0 Å². The quantitative estimate of drug-likeness (QED) is 0.739. The third kappa shape index (κ3) is 3.32. The average Bonchev–Trinajstić information content (AvgIpc) is 2.89. The number of nitrogens with one attached hydrogen (secondary N) is 2. The maximum atomic E-state index is 12.8. The summed E-state index contributed by atoms with van der Waals surface area (Å²) >= 11 is 1.38. The van der Waals surface area contributed by atoms with Gasteiger partial charge in [0.05, 0.1) is 29.7 Å². The Morgan fingerprint density at radius 1 is 1.30 bits per heavy atom. The second-order valence-electron chi connectivity index (χ2n) is 6.59. The first-order valence-electron chi connectivity index (χ1n) is 8.79. The average molecular weight is 391 g/mol.